The van der Waals surface area contributed by atoms with Crippen LogP contribution in [0.5, 0.6) is 0 Å². The molecule has 0 aromatic heterocycles. The summed E-state index contributed by atoms with van der Waals surface area (Å²) in [7, 11) is 1.75. The minimum Gasteiger partial charge on any atom is -0.397 e. The second kappa shape index (κ2) is 4.85. The molecule has 1 rings (SSSR count). The average Bonchev–Trinajstić information content (AvgIpc) is 2.20. The van der Waals surface area contributed by atoms with Crippen LogP contribution in [0.2, 0.25) is 5.02 Å². The number of nitrogen functional groups attached to an aromatic ring is 1. The molecule has 1 aromatic rings. The molecule has 15 heavy (non-hydrogen) atoms. The Bertz CT molecular complexity index is 400. The van der Waals surface area contributed by atoms with Gasteiger partial charge in [-0.25, -0.2) is 4.39 Å². The number of hydrogen-bond acceptors (Lipinski definition) is 3. The molecule has 0 aliphatic carbocycles. The lowest BCUT2D eigenvalue weighted by Gasteiger charge is -2.20. The number of benzene rings is 1. The fourth-order valence-electron chi connectivity index (χ4n) is 1.22. The molecular formula is C10H11ClFN3. The molecule has 0 radical (unpaired) electrons. The summed E-state index contributed by atoms with van der Waals surface area (Å²) in [6.07, 6.45) is 0.361. The lowest BCUT2D eigenvalue weighted by Crippen LogP contribution is -2.19. The van der Waals surface area contributed by atoms with Crippen LogP contribution >= 0.6 is 11.6 Å². The summed E-state index contributed by atoms with van der Waals surface area (Å²) < 4.78 is 13.2. The summed E-state index contributed by atoms with van der Waals surface area (Å²) in [6.45, 7) is 0.502. The fraction of sp³-hybridized carbons (Fsp3) is 0.300. The molecule has 0 bridgehead atoms. The van der Waals surface area contributed by atoms with Crippen molar-refractivity contribution < 1.29 is 4.39 Å². The maximum atomic E-state index is 13.2. The van der Waals surface area contributed by atoms with Crippen molar-refractivity contribution in [1.82, 2.24) is 0 Å². The zero-order valence-electron chi connectivity index (χ0n) is 8.30. The lowest BCUT2D eigenvalue weighted by atomic mass is 10.2. The number of anilines is 2. The lowest BCUT2D eigenvalue weighted by molar-refractivity contribution is 0.628. The smallest absolute Gasteiger partial charge is 0.144 e. The summed E-state index contributed by atoms with van der Waals surface area (Å²) in [5, 5.41) is 8.43. The Morgan fingerprint density at radius 3 is 2.87 bits per heavy atom. The van der Waals surface area contributed by atoms with E-state index in [1.807, 2.05) is 6.07 Å². The number of nitrogens with zero attached hydrogens (tertiary/aromatic N) is 2. The predicted octanol–water partition coefficient (Wildman–Crippen LogP) is 2.41. The standard InChI is InChI=1S/C10H11ClFN3/c1-15(4-2-3-13)10-6-8(12)7(11)5-9(10)14/h5-6H,2,4,14H2,1H3. The van der Waals surface area contributed by atoms with E-state index in [1.54, 1.807) is 11.9 Å². The van der Waals surface area contributed by atoms with Crippen molar-refractivity contribution in [1.29, 1.82) is 5.26 Å². The molecule has 0 fully saturated rings. The first-order valence-corrected chi connectivity index (χ1v) is 4.76. The molecule has 1 aromatic carbocycles. The second-order valence-electron chi connectivity index (χ2n) is 3.15. The maximum absolute atomic E-state index is 13.2. The highest BCUT2D eigenvalue weighted by Gasteiger charge is 2.09. The third-order valence-electron chi connectivity index (χ3n) is 2.04. The van der Waals surface area contributed by atoms with Crippen LogP contribution < -0.4 is 10.6 Å². The quantitative estimate of drug-likeness (QED) is 0.807. The van der Waals surface area contributed by atoms with Gasteiger partial charge < -0.3 is 10.6 Å². The summed E-state index contributed by atoms with van der Waals surface area (Å²) in [6, 6.07) is 4.65. The van der Waals surface area contributed by atoms with Gasteiger partial charge in [0.2, 0.25) is 0 Å². The van der Waals surface area contributed by atoms with Crippen LogP contribution in [0.3, 0.4) is 0 Å². The number of nitriles is 1. The second-order valence-corrected chi connectivity index (χ2v) is 3.56. The summed E-state index contributed by atoms with van der Waals surface area (Å²) in [5.41, 5.74) is 6.64. The van der Waals surface area contributed by atoms with Gasteiger partial charge in [0.15, 0.2) is 0 Å². The van der Waals surface area contributed by atoms with Gasteiger partial charge in [0, 0.05) is 19.7 Å². The highest BCUT2D eigenvalue weighted by Crippen LogP contribution is 2.28. The van der Waals surface area contributed by atoms with Gasteiger partial charge in [0.25, 0.3) is 0 Å². The topological polar surface area (TPSA) is 53.0 Å². The SMILES string of the molecule is CN(CCC#N)c1cc(F)c(Cl)cc1N. The molecule has 0 aliphatic heterocycles. The van der Waals surface area contributed by atoms with Gasteiger partial charge in [0.05, 0.1) is 28.9 Å². The Morgan fingerprint density at radius 1 is 1.60 bits per heavy atom. The van der Waals surface area contributed by atoms with Gasteiger partial charge >= 0.3 is 0 Å². The molecule has 0 heterocycles. The van der Waals surface area contributed by atoms with Crippen molar-refractivity contribution in [3.63, 3.8) is 0 Å². The van der Waals surface area contributed by atoms with Crippen molar-refractivity contribution >= 4 is 23.0 Å². The largest absolute Gasteiger partial charge is 0.397 e. The Hall–Kier alpha value is -1.47. The molecule has 80 valence electrons. The van der Waals surface area contributed by atoms with Crippen LogP contribution in [0, 0.1) is 17.1 Å². The van der Waals surface area contributed by atoms with E-state index in [0.29, 0.717) is 24.3 Å². The predicted molar refractivity (Wildman–Crippen MR) is 59.3 cm³/mol. The van der Waals surface area contributed by atoms with Crippen molar-refractivity contribution in [3.8, 4) is 6.07 Å². The summed E-state index contributed by atoms with van der Waals surface area (Å²) in [5.74, 6) is -0.510. The average molecular weight is 228 g/mol. The Labute approximate surface area is 92.9 Å². The molecule has 3 nitrogen and oxygen atoms in total. The van der Waals surface area contributed by atoms with Gasteiger partial charge in [0.1, 0.15) is 5.82 Å². The molecule has 0 atom stereocenters. The monoisotopic (exact) mass is 227 g/mol. The van der Waals surface area contributed by atoms with Crippen LogP contribution in [-0.4, -0.2) is 13.6 Å². The van der Waals surface area contributed by atoms with Gasteiger partial charge in [-0.2, -0.15) is 5.26 Å². The number of nitrogens with two attached hydrogens (primary N) is 1. The highest BCUT2D eigenvalue weighted by molar-refractivity contribution is 6.31. The number of rotatable bonds is 3. The molecule has 0 unspecified atom stereocenters. The van der Waals surface area contributed by atoms with Crippen molar-refractivity contribution in [2.45, 2.75) is 6.42 Å². The molecule has 0 saturated carbocycles. The minimum atomic E-state index is -0.510. The number of hydrogen-bond donors (Lipinski definition) is 1. The van der Waals surface area contributed by atoms with Crippen LogP contribution in [0.1, 0.15) is 6.42 Å². The van der Waals surface area contributed by atoms with Crippen molar-refractivity contribution in [2.75, 3.05) is 24.2 Å². The summed E-state index contributed by atoms with van der Waals surface area (Å²) in [4.78, 5) is 1.72. The molecular weight excluding hydrogens is 217 g/mol. The highest BCUT2D eigenvalue weighted by atomic mass is 35.5. The van der Waals surface area contributed by atoms with E-state index in [4.69, 9.17) is 22.6 Å². The third-order valence-corrected chi connectivity index (χ3v) is 2.33. The normalized spacial score (nSPS) is 9.73. The molecule has 0 amide bonds. The van der Waals surface area contributed by atoms with Gasteiger partial charge in [-0.1, -0.05) is 11.6 Å². The molecule has 0 spiro atoms. The van der Waals surface area contributed by atoms with E-state index >= 15 is 0 Å². The number of halogens is 2. The van der Waals surface area contributed by atoms with Gasteiger partial charge in [-0.15, -0.1) is 0 Å². The first kappa shape index (κ1) is 11.6. The first-order valence-electron chi connectivity index (χ1n) is 4.39. The van der Waals surface area contributed by atoms with Crippen LogP contribution in [0.25, 0.3) is 0 Å². The summed E-state index contributed by atoms with van der Waals surface area (Å²) >= 11 is 5.57. The van der Waals surface area contributed by atoms with Gasteiger partial charge in [-0.05, 0) is 6.07 Å². The Morgan fingerprint density at radius 2 is 2.27 bits per heavy atom. The minimum absolute atomic E-state index is 0.00457. The Kier molecular flexibility index (Phi) is 3.75. The maximum Gasteiger partial charge on any atom is 0.144 e. The molecule has 5 heteroatoms. The van der Waals surface area contributed by atoms with Crippen LogP contribution in [-0.2, 0) is 0 Å². The fourth-order valence-corrected chi connectivity index (χ4v) is 1.39. The van der Waals surface area contributed by atoms with E-state index in [0.717, 1.165) is 0 Å². The molecule has 2 N–H and O–H groups in total. The zero-order chi connectivity index (χ0) is 11.4. The van der Waals surface area contributed by atoms with Crippen molar-refractivity contribution in [2.24, 2.45) is 0 Å². The van der Waals surface area contributed by atoms with Gasteiger partial charge in [-0.3, -0.25) is 0 Å². The van der Waals surface area contributed by atoms with E-state index in [9.17, 15) is 4.39 Å². The van der Waals surface area contributed by atoms with E-state index < -0.39 is 5.82 Å². The van der Waals surface area contributed by atoms with E-state index in [1.165, 1.54) is 12.1 Å². The van der Waals surface area contributed by atoms with Crippen LogP contribution in [0.4, 0.5) is 15.8 Å². The third kappa shape index (κ3) is 2.74. The Balaban J connectivity index is 2.94. The van der Waals surface area contributed by atoms with Crippen molar-refractivity contribution in [3.05, 3.63) is 23.0 Å². The molecule has 0 aliphatic rings. The first-order chi connectivity index (χ1) is 7.06. The van der Waals surface area contributed by atoms with E-state index in [-0.39, 0.29) is 5.02 Å². The molecule has 0 saturated heterocycles. The zero-order valence-corrected chi connectivity index (χ0v) is 9.05. The van der Waals surface area contributed by atoms with Crippen LogP contribution in [0.15, 0.2) is 12.1 Å². The van der Waals surface area contributed by atoms with E-state index in [2.05, 4.69) is 0 Å².